The van der Waals surface area contributed by atoms with Crippen molar-refractivity contribution in [2.75, 3.05) is 12.0 Å². The standard InChI is InChI=1S/C23H19ClN2O5S/c1-11-22(32-12(2)25-11)20(28)18-19(13-4-7-15(27)8-5-13)26(23(30)21(18)29)14-6-9-17(31-3)16(24)10-14/h4-10,19,27,29H,1-3H3. The van der Waals surface area contributed by atoms with Gasteiger partial charge >= 0.3 is 0 Å². The molecule has 0 fully saturated rings. The molecule has 1 aliphatic rings. The molecule has 0 aliphatic carbocycles. The summed E-state index contributed by atoms with van der Waals surface area (Å²) in [6.45, 7) is 3.49. The molecule has 0 saturated heterocycles. The van der Waals surface area contributed by atoms with Gasteiger partial charge in [0.05, 0.1) is 39.3 Å². The minimum Gasteiger partial charge on any atom is -0.508 e. The molecule has 1 aromatic heterocycles. The number of aliphatic hydroxyl groups excluding tert-OH is 1. The van der Waals surface area contributed by atoms with Crippen LogP contribution in [-0.4, -0.2) is 34.0 Å². The lowest BCUT2D eigenvalue weighted by Crippen LogP contribution is -2.31. The molecule has 9 heteroatoms. The third-order valence-electron chi connectivity index (χ3n) is 5.18. The number of halogens is 1. The number of phenols is 1. The lowest BCUT2D eigenvalue weighted by atomic mass is 9.94. The maximum atomic E-state index is 13.5. The molecule has 0 spiro atoms. The summed E-state index contributed by atoms with van der Waals surface area (Å²) in [5, 5.41) is 21.5. The first kappa shape index (κ1) is 21.9. The highest BCUT2D eigenvalue weighted by Gasteiger charge is 2.45. The highest BCUT2D eigenvalue weighted by molar-refractivity contribution is 7.14. The van der Waals surface area contributed by atoms with Crippen LogP contribution in [0.3, 0.4) is 0 Å². The Morgan fingerprint density at radius 3 is 2.41 bits per heavy atom. The number of carbonyl (C=O) groups excluding carboxylic acids is 2. The van der Waals surface area contributed by atoms with Gasteiger partial charge in [-0.1, -0.05) is 23.7 Å². The van der Waals surface area contributed by atoms with E-state index in [2.05, 4.69) is 4.98 Å². The molecule has 32 heavy (non-hydrogen) atoms. The number of hydrogen-bond donors (Lipinski definition) is 2. The Bertz CT molecular complexity index is 1270. The van der Waals surface area contributed by atoms with Crippen LogP contribution in [0.1, 0.15) is 32.0 Å². The number of anilines is 1. The smallest absolute Gasteiger partial charge is 0.294 e. The first-order valence-electron chi connectivity index (χ1n) is 9.60. The zero-order chi connectivity index (χ0) is 23.2. The Hall–Kier alpha value is -3.36. The topological polar surface area (TPSA) is 100.0 Å². The number of aryl methyl sites for hydroxylation is 2. The Labute approximate surface area is 193 Å². The molecule has 0 bridgehead atoms. The summed E-state index contributed by atoms with van der Waals surface area (Å²) in [7, 11) is 1.48. The van der Waals surface area contributed by atoms with E-state index >= 15 is 0 Å². The number of nitrogens with zero attached hydrogens (tertiary/aromatic N) is 2. The zero-order valence-corrected chi connectivity index (χ0v) is 19.0. The van der Waals surface area contributed by atoms with Crippen LogP contribution in [0.4, 0.5) is 5.69 Å². The highest BCUT2D eigenvalue weighted by Crippen LogP contribution is 2.44. The number of carbonyl (C=O) groups is 2. The fourth-order valence-electron chi connectivity index (χ4n) is 3.74. The molecule has 7 nitrogen and oxygen atoms in total. The minimum absolute atomic E-state index is 0.0344. The largest absolute Gasteiger partial charge is 0.508 e. The normalized spacial score (nSPS) is 16.1. The van der Waals surface area contributed by atoms with Crippen LogP contribution in [0.25, 0.3) is 0 Å². The van der Waals surface area contributed by atoms with Crippen LogP contribution < -0.4 is 9.64 Å². The van der Waals surface area contributed by atoms with Gasteiger partial charge in [-0.05, 0) is 49.7 Å². The number of aromatic hydroxyl groups is 1. The molecular weight excluding hydrogens is 452 g/mol. The quantitative estimate of drug-likeness (QED) is 0.514. The second-order valence-corrected chi connectivity index (χ2v) is 8.84. The number of aromatic nitrogens is 1. The van der Waals surface area contributed by atoms with Crippen molar-refractivity contribution in [3.05, 3.63) is 80.0 Å². The van der Waals surface area contributed by atoms with Crippen LogP contribution >= 0.6 is 22.9 Å². The van der Waals surface area contributed by atoms with Crippen LogP contribution in [0.15, 0.2) is 53.8 Å². The van der Waals surface area contributed by atoms with E-state index in [1.54, 1.807) is 38.1 Å². The second-order valence-electron chi connectivity index (χ2n) is 7.23. The first-order chi connectivity index (χ1) is 15.2. The molecule has 1 aliphatic heterocycles. The number of amides is 1. The van der Waals surface area contributed by atoms with Gasteiger partial charge in [0.15, 0.2) is 5.76 Å². The lowest BCUT2D eigenvalue weighted by molar-refractivity contribution is -0.117. The Morgan fingerprint density at radius 2 is 1.84 bits per heavy atom. The van der Waals surface area contributed by atoms with Crippen molar-refractivity contribution in [2.45, 2.75) is 19.9 Å². The summed E-state index contributed by atoms with van der Waals surface area (Å²) in [5.41, 5.74) is 1.39. The van der Waals surface area contributed by atoms with Crippen LogP contribution in [0.2, 0.25) is 5.02 Å². The molecule has 164 valence electrons. The van der Waals surface area contributed by atoms with Gasteiger partial charge in [-0.2, -0.15) is 0 Å². The maximum Gasteiger partial charge on any atom is 0.294 e. The summed E-state index contributed by atoms with van der Waals surface area (Å²) >= 11 is 7.48. The van der Waals surface area contributed by atoms with E-state index in [4.69, 9.17) is 16.3 Å². The van der Waals surface area contributed by atoms with Crippen LogP contribution in [-0.2, 0) is 4.79 Å². The second kappa shape index (κ2) is 8.29. The number of ketones is 1. The molecule has 1 unspecified atom stereocenters. The van der Waals surface area contributed by atoms with Gasteiger partial charge in [-0.25, -0.2) is 4.98 Å². The summed E-state index contributed by atoms with van der Waals surface area (Å²) in [6, 6.07) is 9.95. The van der Waals surface area contributed by atoms with Crippen molar-refractivity contribution < 1.29 is 24.5 Å². The van der Waals surface area contributed by atoms with Crippen molar-refractivity contribution >= 4 is 40.3 Å². The van der Waals surface area contributed by atoms with Crippen molar-refractivity contribution in [2.24, 2.45) is 0 Å². The molecule has 1 atom stereocenters. The van der Waals surface area contributed by atoms with Gasteiger partial charge < -0.3 is 14.9 Å². The van der Waals surface area contributed by atoms with E-state index in [1.807, 2.05) is 0 Å². The number of thiazole rings is 1. The predicted molar refractivity (Wildman–Crippen MR) is 122 cm³/mol. The first-order valence-corrected chi connectivity index (χ1v) is 10.8. The number of rotatable bonds is 5. The SMILES string of the molecule is COc1ccc(N2C(=O)C(O)=C(C(=O)c3sc(C)nc3C)C2c2ccc(O)cc2)cc1Cl. The predicted octanol–water partition coefficient (Wildman–Crippen LogP) is 4.91. The van der Waals surface area contributed by atoms with Gasteiger partial charge in [-0.15, -0.1) is 11.3 Å². The number of hydrogen-bond acceptors (Lipinski definition) is 7. The lowest BCUT2D eigenvalue weighted by Gasteiger charge is -2.27. The monoisotopic (exact) mass is 470 g/mol. The van der Waals surface area contributed by atoms with Crippen LogP contribution in [0, 0.1) is 13.8 Å². The zero-order valence-electron chi connectivity index (χ0n) is 17.4. The fraction of sp³-hybridized carbons (Fsp3) is 0.174. The fourth-order valence-corrected chi connectivity index (χ4v) is 4.87. The van der Waals surface area contributed by atoms with E-state index in [1.165, 1.54) is 41.5 Å². The Balaban J connectivity index is 1.89. The average molecular weight is 471 g/mol. The number of Topliss-reactive ketones (excluding diaryl/α,β-unsaturated/α-hetero) is 1. The van der Waals surface area contributed by atoms with E-state index < -0.39 is 23.5 Å². The van der Waals surface area contributed by atoms with E-state index in [9.17, 15) is 19.8 Å². The molecule has 3 aromatic rings. The molecule has 0 radical (unpaired) electrons. The van der Waals surface area contributed by atoms with Crippen LogP contribution in [0.5, 0.6) is 11.5 Å². The average Bonchev–Trinajstić information content (AvgIpc) is 3.23. The molecule has 0 saturated carbocycles. The van der Waals surface area contributed by atoms with E-state index in [0.29, 0.717) is 32.6 Å². The number of aliphatic hydroxyl groups is 1. The number of ether oxygens (including phenoxy) is 1. The highest BCUT2D eigenvalue weighted by atomic mass is 35.5. The minimum atomic E-state index is -0.929. The molecule has 4 rings (SSSR count). The third-order valence-corrected chi connectivity index (χ3v) is 6.55. The maximum absolute atomic E-state index is 13.5. The molecular formula is C23H19ClN2O5S. The van der Waals surface area contributed by atoms with Crippen molar-refractivity contribution in [3.63, 3.8) is 0 Å². The number of methoxy groups -OCH3 is 1. The van der Waals surface area contributed by atoms with E-state index in [0.717, 1.165) is 0 Å². The van der Waals surface area contributed by atoms with E-state index in [-0.39, 0.29) is 16.3 Å². The molecule has 2 heterocycles. The summed E-state index contributed by atoms with van der Waals surface area (Å²) < 4.78 is 5.19. The molecule has 1 amide bonds. The van der Waals surface area contributed by atoms with Gasteiger partial charge in [0.25, 0.3) is 5.91 Å². The molecule has 2 N–H and O–H groups in total. The van der Waals surface area contributed by atoms with Gasteiger partial charge in [0.2, 0.25) is 5.78 Å². The molecule has 2 aromatic carbocycles. The van der Waals surface area contributed by atoms with Gasteiger partial charge in [0.1, 0.15) is 11.5 Å². The Morgan fingerprint density at radius 1 is 1.16 bits per heavy atom. The summed E-state index contributed by atoms with van der Waals surface area (Å²) in [6.07, 6.45) is 0. The summed E-state index contributed by atoms with van der Waals surface area (Å²) in [5.74, 6) is -1.38. The number of phenolic OH excluding ortho intramolecular Hbond substituents is 1. The van der Waals surface area contributed by atoms with Gasteiger partial charge in [-0.3, -0.25) is 14.5 Å². The third kappa shape index (κ3) is 3.61. The van der Waals surface area contributed by atoms with Crippen molar-refractivity contribution in [1.82, 2.24) is 4.98 Å². The Kier molecular flexibility index (Phi) is 5.66. The van der Waals surface area contributed by atoms with Crippen molar-refractivity contribution in [1.29, 1.82) is 0 Å². The summed E-state index contributed by atoms with van der Waals surface area (Å²) in [4.78, 5) is 32.7. The van der Waals surface area contributed by atoms with Gasteiger partial charge in [0, 0.05) is 5.69 Å². The van der Waals surface area contributed by atoms with Crippen molar-refractivity contribution in [3.8, 4) is 11.5 Å². The number of benzene rings is 2.